The first-order chi connectivity index (χ1) is 7.34. The van der Waals surface area contributed by atoms with Crippen molar-refractivity contribution in [2.45, 2.75) is 13.5 Å². The van der Waals surface area contributed by atoms with Crippen LogP contribution in [0.15, 0.2) is 36.8 Å². The van der Waals surface area contributed by atoms with Crippen LogP contribution in [0.5, 0.6) is 5.88 Å². The van der Waals surface area contributed by atoms with Crippen LogP contribution in [0, 0.1) is 6.92 Å². The van der Waals surface area contributed by atoms with E-state index in [9.17, 15) is 0 Å². The average Bonchev–Trinajstić information content (AvgIpc) is 2.28. The zero-order chi connectivity index (χ0) is 10.5. The molecule has 0 unspecified atom stereocenters. The van der Waals surface area contributed by atoms with E-state index in [0.29, 0.717) is 12.5 Å². The third-order valence-electron chi connectivity index (χ3n) is 1.87. The summed E-state index contributed by atoms with van der Waals surface area (Å²) in [6, 6.07) is 7.51. The number of ether oxygens (including phenoxy) is 1. The third kappa shape index (κ3) is 2.74. The fourth-order valence-electron chi connectivity index (χ4n) is 1.14. The quantitative estimate of drug-likeness (QED) is 0.759. The molecule has 4 nitrogen and oxygen atoms in total. The molecular formula is C11H11N3O. The van der Waals surface area contributed by atoms with E-state index in [1.54, 1.807) is 12.3 Å². The van der Waals surface area contributed by atoms with Crippen molar-refractivity contribution in [1.29, 1.82) is 0 Å². The molecule has 0 bridgehead atoms. The number of pyridine rings is 1. The molecule has 15 heavy (non-hydrogen) atoms. The molecule has 2 aromatic heterocycles. The maximum atomic E-state index is 5.46. The van der Waals surface area contributed by atoms with Gasteiger partial charge in [0.1, 0.15) is 12.9 Å². The highest BCUT2D eigenvalue weighted by molar-refractivity contribution is 5.12. The summed E-state index contributed by atoms with van der Waals surface area (Å²) in [5.41, 5.74) is 1.77. The Labute approximate surface area is 88.0 Å². The number of hydrogen-bond donors (Lipinski definition) is 0. The lowest BCUT2D eigenvalue weighted by atomic mass is 10.4. The van der Waals surface area contributed by atoms with Gasteiger partial charge < -0.3 is 4.74 Å². The van der Waals surface area contributed by atoms with Crippen LogP contribution in [0.4, 0.5) is 0 Å². The Morgan fingerprint density at radius 1 is 1.20 bits per heavy atom. The number of rotatable bonds is 3. The molecule has 0 fully saturated rings. The van der Waals surface area contributed by atoms with E-state index in [1.807, 2.05) is 25.1 Å². The van der Waals surface area contributed by atoms with Gasteiger partial charge in [0.15, 0.2) is 0 Å². The summed E-state index contributed by atoms with van der Waals surface area (Å²) in [6.07, 6.45) is 3.23. The monoisotopic (exact) mass is 201 g/mol. The molecule has 76 valence electrons. The van der Waals surface area contributed by atoms with Crippen LogP contribution in [0.2, 0.25) is 0 Å². The van der Waals surface area contributed by atoms with Gasteiger partial charge in [-0.15, -0.1) is 0 Å². The standard InChI is InChI=1S/C11H11N3O/c1-9-6-11(14-8-13-9)15-7-10-4-2-3-5-12-10/h2-6,8H,7H2,1H3. The van der Waals surface area contributed by atoms with Gasteiger partial charge in [0.05, 0.1) is 5.69 Å². The highest BCUT2D eigenvalue weighted by Crippen LogP contribution is 2.07. The number of aromatic nitrogens is 3. The Kier molecular flexibility index (Phi) is 2.88. The molecule has 0 aliphatic heterocycles. The van der Waals surface area contributed by atoms with Crippen LogP contribution < -0.4 is 4.74 Å². The van der Waals surface area contributed by atoms with Gasteiger partial charge in [-0.3, -0.25) is 4.98 Å². The summed E-state index contributed by atoms with van der Waals surface area (Å²) in [6.45, 7) is 2.33. The molecule has 2 heterocycles. The van der Waals surface area contributed by atoms with Crippen molar-refractivity contribution in [3.8, 4) is 5.88 Å². The van der Waals surface area contributed by atoms with Crippen molar-refractivity contribution in [2.24, 2.45) is 0 Å². The second kappa shape index (κ2) is 4.50. The van der Waals surface area contributed by atoms with Gasteiger partial charge in [0.2, 0.25) is 5.88 Å². The van der Waals surface area contributed by atoms with Crippen LogP contribution in [0.1, 0.15) is 11.4 Å². The molecule has 0 spiro atoms. The first-order valence-corrected chi connectivity index (χ1v) is 4.66. The number of aryl methyl sites for hydroxylation is 1. The van der Waals surface area contributed by atoms with Crippen molar-refractivity contribution in [1.82, 2.24) is 15.0 Å². The van der Waals surface area contributed by atoms with Gasteiger partial charge >= 0.3 is 0 Å². The first-order valence-electron chi connectivity index (χ1n) is 4.66. The Bertz CT molecular complexity index is 431. The lowest BCUT2D eigenvalue weighted by Gasteiger charge is -2.04. The SMILES string of the molecule is Cc1cc(OCc2ccccn2)ncn1. The molecule has 0 radical (unpaired) electrons. The van der Waals surface area contributed by atoms with Crippen molar-refractivity contribution in [3.05, 3.63) is 48.2 Å². The van der Waals surface area contributed by atoms with E-state index in [1.165, 1.54) is 6.33 Å². The topological polar surface area (TPSA) is 47.9 Å². The summed E-state index contributed by atoms with van der Waals surface area (Å²) in [5.74, 6) is 0.577. The van der Waals surface area contributed by atoms with Crippen LogP contribution in [0.25, 0.3) is 0 Å². The predicted octanol–water partition coefficient (Wildman–Crippen LogP) is 1.76. The summed E-state index contributed by atoms with van der Waals surface area (Å²) in [4.78, 5) is 12.1. The highest BCUT2D eigenvalue weighted by Gasteiger charge is 1.97. The fraction of sp³-hybridized carbons (Fsp3) is 0.182. The predicted molar refractivity (Wildman–Crippen MR) is 55.3 cm³/mol. The second-order valence-corrected chi connectivity index (χ2v) is 3.11. The Morgan fingerprint density at radius 2 is 2.13 bits per heavy atom. The summed E-state index contributed by atoms with van der Waals surface area (Å²) < 4.78 is 5.46. The van der Waals surface area contributed by atoms with Crippen LogP contribution in [-0.4, -0.2) is 15.0 Å². The Hall–Kier alpha value is -1.97. The second-order valence-electron chi connectivity index (χ2n) is 3.11. The summed E-state index contributed by atoms with van der Waals surface area (Å²) >= 11 is 0. The van der Waals surface area contributed by atoms with Crippen molar-refractivity contribution in [2.75, 3.05) is 0 Å². The minimum atomic E-state index is 0.428. The van der Waals surface area contributed by atoms with Crippen LogP contribution in [-0.2, 0) is 6.61 Å². The van der Waals surface area contributed by atoms with E-state index in [4.69, 9.17) is 4.74 Å². The van der Waals surface area contributed by atoms with Gasteiger partial charge in [0.25, 0.3) is 0 Å². The first kappa shape index (κ1) is 9.58. The van der Waals surface area contributed by atoms with Crippen molar-refractivity contribution < 1.29 is 4.74 Å². The Morgan fingerprint density at radius 3 is 2.87 bits per heavy atom. The van der Waals surface area contributed by atoms with E-state index >= 15 is 0 Å². The minimum Gasteiger partial charge on any atom is -0.471 e. The highest BCUT2D eigenvalue weighted by atomic mass is 16.5. The van der Waals surface area contributed by atoms with Gasteiger partial charge in [-0.05, 0) is 19.1 Å². The lowest BCUT2D eigenvalue weighted by molar-refractivity contribution is 0.288. The molecular weight excluding hydrogens is 190 g/mol. The van der Waals surface area contributed by atoms with E-state index < -0.39 is 0 Å². The third-order valence-corrected chi connectivity index (χ3v) is 1.87. The molecule has 0 aliphatic carbocycles. The summed E-state index contributed by atoms with van der Waals surface area (Å²) in [7, 11) is 0. The molecule has 0 N–H and O–H groups in total. The van der Waals surface area contributed by atoms with Gasteiger partial charge in [-0.1, -0.05) is 6.07 Å². The molecule has 0 amide bonds. The van der Waals surface area contributed by atoms with Gasteiger partial charge in [0, 0.05) is 18.0 Å². The van der Waals surface area contributed by atoms with Crippen LogP contribution in [0.3, 0.4) is 0 Å². The normalized spacial score (nSPS) is 9.93. The van der Waals surface area contributed by atoms with E-state index in [2.05, 4.69) is 15.0 Å². The molecule has 0 aromatic carbocycles. The van der Waals surface area contributed by atoms with Crippen molar-refractivity contribution in [3.63, 3.8) is 0 Å². The largest absolute Gasteiger partial charge is 0.471 e. The number of hydrogen-bond acceptors (Lipinski definition) is 4. The molecule has 2 aromatic rings. The molecule has 2 rings (SSSR count). The number of nitrogens with zero attached hydrogens (tertiary/aromatic N) is 3. The van der Waals surface area contributed by atoms with Crippen molar-refractivity contribution >= 4 is 0 Å². The van der Waals surface area contributed by atoms with Crippen LogP contribution >= 0.6 is 0 Å². The molecule has 4 heteroatoms. The average molecular weight is 201 g/mol. The molecule has 0 saturated heterocycles. The molecule has 0 atom stereocenters. The zero-order valence-electron chi connectivity index (χ0n) is 8.42. The van der Waals surface area contributed by atoms with Gasteiger partial charge in [-0.2, -0.15) is 0 Å². The fourth-order valence-corrected chi connectivity index (χ4v) is 1.14. The Balaban J connectivity index is 1.99. The van der Waals surface area contributed by atoms with E-state index in [-0.39, 0.29) is 0 Å². The van der Waals surface area contributed by atoms with Gasteiger partial charge in [-0.25, -0.2) is 9.97 Å². The molecule has 0 aliphatic rings. The zero-order valence-corrected chi connectivity index (χ0v) is 8.42. The maximum absolute atomic E-state index is 5.46. The minimum absolute atomic E-state index is 0.428. The smallest absolute Gasteiger partial charge is 0.216 e. The van der Waals surface area contributed by atoms with E-state index in [0.717, 1.165) is 11.4 Å². The molecule has 0 saturated carbocycles. The lowest BCUT2D eigenvalue weighted by Crippen LogP contribution is -1.99. The summed E-state index contributed by atoms with van der Waals surface area (Å²) in [5, 5.41) is 0. The maximum Gasteiger partial charge on any atom is 0.216 e.